The number of benzene rings is 1. The highest BCUT2D eigenvalue weighted by Crippen LogP contribution is 2.27. The molecule has 1 heterocycles. The van der Waals surface area contributed by atoms with E-state index in [-0.39, 0.29) is 6.04 Å². The molecule has 2 N–H and O–H groups in total. The van der Waals surface area contributed by atoms with Crippen molar-refractivity contribution in [3.63, 3.8) is 0 Å². The molecule has 4 heteroatoms. The number of hydrogen-bond donors (Lipinski definition) is 1. The van der Waals surface area contributed by atoms with E-state index in [0.717, 1.165) is 28.6 Å². The van der Waals surface area contributed by atoms with Crippen molar-refractivity contribution in [2.45, 2.75) is 25.8 Å². The normalized spacial score (nSPS) is 12.2. The lowest BCUT2D eigenvalue weighted by atomic mass is 10.1. The van der Waals surface area contributed by atoms with Gasteiger partial charge < -0.3 is 10.5 Å². The van der Waals surface area contributed by atoms with Gasteiger partial charge in [-0.1, -0.05) is 22.0 Å². The van der Waals surface area contributed by atoms with Crippen molar-refractivity contribution >= 4 is 15.9 Å². The van der Waals surface area contributed by atoms with Crippen LogP contribution in [-0.4, -0.2) is 11.6 Å². The van der Waals surface area contributed by atoms with Crippen LogP contribution in [0.3, 0.4) is 0 Å². The Morgan fingerprint density at radius 2 is 2.00 bits per heavy atom. The summed E-state index contributed by atoms with van der Waals surface area (Å²) in [6.07, 6.45) is 5.59. The highest BCUT2D eigenvalue weighted by molar-refractivity contribution is 9.10. The van der Waals surface area contributed by atoms with Crippen LogP contribution in [0.1, 0.15) is 30.5 Å². The molecule has 0 bridgehead atoms. The van der Waals surface area contributed by atoms with Crippen LogP contribution in [0.15, 0.2) is 47.2 Å². The molecule has 106 valence electrons. The molecule has 0 radical (unpaired) electrons. The molecular formula is C16H19BrN2O. The molecule has 0 saturated heterocycles. The average molecular weight is 335 g/mol. The van der Waals surface area contributed by atoms with Gasteiger partial charge in [0.25, 0.3) is 0 Å². The molecule has 0 fully saturated rings. The first-order valence-corrected chi connectivity index (χ1v) is 7.53. The van der Waals surface area contributed by atoms with Crippen molar-refractivity contribution in [3.8, 4) is 5.75 Å². The zero-order valence-electron chi connectivity index (χ0n) is 11.6. The first-order valence-electron chi connectivity index (χ1n) is 6.73. The summed E-state index contributed by atoms with van der Waals surface area (Å²) in [6.45, 7) is 2.64. The maximum atomic E-state index is 5.96. The summed E-state index contributed by atoms with van der Waals surface area (Å²) in [4.78, 5) is 4.01. The van der Waals surface area contributed by atoms with Gasteiger partial charge in [-0.2, -0.15) is 0 Å². The molecule has 1 atom stereocenters. The smallest absolute Gasteiger partial charge is 0.125 e. The third-order valence-corrected chi connectivity index (χ3v) is 3.58. The molecule has 0 spiro atoms. The summed E-state index contributed by atoms with van der Waals surface area (Å²) >= 11 is 3.46. The van der Waals surface area contributed by atoms with Crippen LogP contribution in [0.25, 0.3) is 0 Å². The van der Waals surface area contributed by atoms with Gasteiger partial charge in [-0.3, -0.25) is 4.98 Å². The highest BCUT2D eigenvalue weighted by atomic mass is 79.9. The fourth-order valence-corrected chi connectivity index (χ4v) is 2.36. The van der Waals surface area contributed by atoms with Crippen molar-refractivity contribution in [2.75, 3.05) is 6.61 Å². The van der Waals surface area contributed by atoms with Crippen LogP contribution in [0, 0.1) is 0 Å². The summed E-state index contributed by atoms with van der Waals surface area (Å²) in [7, 11) is 0. The van der Waals surface area contributed by atoms with Gasteiger partial charge in [-0.05, 0) is 49.6 Å². The number of halogens is 1. The number of rotatable bonds is 6. The predicted octanol–water partition coefficient (Wildman–Crippen LogP) is 3.88. The van der Waals surface area contributed by atoms with Crippen LogP contribution in [0.4, 0.5) is 0 Å². The fraction of sp³-hybridized carbons (Fsp3) is 0.312. The monoisotopic (exact) mass is 334 g/mol. The van der Waals surface area contributed by atoms with Crippen LogP contribution < -0.4 is 10.5 Å². The molecule has 3 nitrogen and oxygen atoms in total. The minimum Gasteiger partial charge on any atom is -0.493 e. The topological polar surface area (TPSA) is 48.1 Å². The van der Waals surface area contributed by atoms with Gasteiger partial charge in [0.05, 0.1) is 6.61 Å². The number of pyridine rings is 1. The van der Waals surface area contributed by atoms with E-state index in [1.54, 1.807) is 0 Å². The maximum Gasteiger partial charge on any atom is 0.125 e. The van der Waals surface area contributed by atoms with Gasteiger partial charge in [0, 0.05) is 28.5 Å². The first-order chi connectivity index (χ1) is 9.66. The van der Waals surface area contributed by atoms with Crippen molar-refractivity contribution in [2.24, 2.45) is 5.73 Å². The summed E-state index contributed by atoms with van der Waals surface area (Å²) in [5.41, 5.74) is 8.28. The standard InChI is InChI=1S/C16H19BrN2O/c1-12(18)15-5-4-14(17)11-16(15)20-10-2-3-13-6-8-19-9-7-13/h4-9,11-12H,2-3,10,18H2,1H3. The molecule has 1 unspecified atom stereocenters. The average Bonchev–Trinajstić information content (AvgIpc) is 2.44. The maximum absolute atomic E-state index is 5.96. The van der Waals surface area contributed by atoms with E-state index in [9.17, 15) is 0 Å². The van der Waals surface area contributed by atoms with Gasteiger partial charge in [-0.25, -0.2) is 0 Å². The number of aromatic nitrogens is 1. The van der Waals surface area contributed by atoms with Gasteiger partial charge in [0.1, 0.15) is 5.75 Å². The fourth-order valence-electron chi connectivity index (χ4n) is 2.02. The minimum absolute atomic E-state index is 0.0294. The van der Waals surface area contributed by atoms with Gasteiger partial charge in [0.15, 0.2) is 0 Å². The molecule has 20 heavy (non-hydrogen) atoms. The van der Waals surface area contributed by atoms with Crippen LogP contribution in [-0.2, 0) is 6.42 Å². The molecule has 1 aromatic heterocycles. The number of hydrogen-bond acceptors (Lipinski definition) is 3. The lowest BCUT2D eigenvalue weighted by molar-refractivity contribution is 0.306. The Balaban J connectivity index is 1.89. The molecule has 0 saturated carbocycles. The van der Waals surface area contributed by atoms with Crippen LogP contribution in [0.2, 0.25) is 0 Å². The predicted molar refractivity (Wildman–Crippen MR) is 84.8 cm³/mol. The Bertz CT molecular complexity index is 543. The third kappa shape index (κ3) is 4.32. The van der Waals surface area contributed by atoms with Crippen molar-refractivity contribution in [1.29, 1.82) is 0 Å². The lowest BCUT2D eigenvalue weighted by Crippen LogP contribution is -2.09. The second-order valence-electron chi connectivity index (χ2n) is 4.78. The highest BCUT2D eigenvalue weighted by Gasteiger charge is 2.08. The van der Waals surface area contributed by atoms with Gasteiger partial charge in [-0.15, -0.1) is 0 Å². The summed E-state index contributed by atoms with van der Waals surface area (Å²) in [5, 5.41) is 0. The Labute approximate surface area is 128 Å². The summed E-state index contributed by atoms with van der Waals surface area (Å²) in [6, 6.07) is 10.0. The SMILES string of the molecule is CC(N)c1ccc(Br)cc1OCCCc1ccncc1. The Morgan fingerprint density at radius 1 is 1.25 bits per heavy atom. The molecule has 0 aliphatic carbocycles. The van der Waals surface area contributed by atoms with E-state index in [2.05, 4.69) is 20.9 Å². The van der Waals surface area contributed by atoms with Gasteiger partial charge >= 0.3 is 0 Å². The van der Waals surface area contributed by atoms with Crippen molar-refractivity contribution in [3.05, 3.63) is 58.3 Å². The number of nitrogens with zero attached hydrogens (tertiary/aromatic N) is 1. The number of aryl methyl sites for hydroxylation is 1. The summed E-state index contributed by atoms with van der Waals surface area (Å²) in [5.74, 6) is 0.865. The minimum atomic E-state index is -0.0294. The quantitative estimate of drug-likeness (QED) is 0.815. The number of nitrogens with two attached hydrogens (primary N) is 1. The molecule has 0 aliphatic heterocycles. The zero-order valence-corrected chi connectivity index (χ0v) is 13.1. The largest absolute Gasteiger partial charge is 0.493 e. The second-order valence-corrected chi connectivity index (χ2v) is 5.69. The molecule has 2 aromatic rings. The molecular weight excluding hydrogens is 316 g/mol. The Kier molecular flexibility index (Phi) is 5.56. The van der Waals surface area contributed by atoms with E-state index < -0.39 is 0 Å². The molecule has 0 amide bonds. The molecule has 0 aliphatic rings. The van der Waals surface area contributed by atoms with E-state index >= 15 is 0 Å². The van der Waals surface area contributed by atoms with E-state index in [1.807, 2.05) is 49.6 Å². The lowest BCUT2D eigenvalue weighted by Gasteiger charge is -2.14. The molecule has 1 aromatic carbocycles. The van der Waals surface area contributed by atoms with Gasteiger partial charge in [0.2, 0.25) is 0 Å². The molecule has 2 rings (SSSR count). The van der Waals surface area contributed by atoms with Crippen LogP contribution >= 0.6 is 15.9 Å². The van der Waals surface area contributed by atoms with E-state index in [1.165, 1.54) is 5.56 Å². The van der Waals surface area contributed by atoms with Crippen molar-refractivity contribution < 1.29 is 4.74 Å². The third-order valence-electron chi connectivity index (χ3n) is 3.08. The van der Waals surface area contributed by atoms with E-state index in [4.69, 9.17) is 10.5 Å². The Hall–Kier alpha value is -1.39. The second kappa shape index (κ2) is 7.41. The zero-order chi connectivity index (χ0) is 14.4. The van der Waals surface area contributed by atoms with Crippen LogP contribution in [0.5, 0.6) is 5.75 Å². The summed E-state index contributed by atoms with van der Waals surface area (Å²) < 4.78 is 6.88. The number of ether oxygens (including phenoxy) is 1. The first kappa shape index (κ1) is 15.0. The van der Waals surface area contributed by atoms with Crippen molar-refractivity contribution in [1.82, 2.24) is 4.98 Å². The Morgan fingerprint density at radius 3 is 2.70 bits per heavy atom. The van der Waals surface area contributed by atoms with E-state index in [0.29, 0.717) is 6.61 Å².